The number of hydrogen-bond acceptors (Lipinski definition) is 1. The van der Waals surface area contributed by atoms with E-state index in [4.69, 9.17) is 16.3 Å². The van der Waals surface area contributed by atoms with E-state index in [9.17, 15) is 0 Å². The van der Waals surface area contributed by atoms with E-state index in [1.165, 1.54) is 16.7 Å². The molecule has 18 heavy (non-hydrogen) atoms. The van der Waals surface area contributed by atoms with Crippen molar-refractivity contribution in [1.82, 2.24) is 0 Å². The minimum Gasteiger partial charge on any atom is -0.487 e. The maximum absolute atomic E-state index is 6.09. The van der Waals surface area contributed by atoms with Gasteiger partial charge in [0.15, 0.2) is 0 Å². The van der Waals surface area contributed by atoms with Gasteiger partial charge in [-0.05, 0) is 43.2 Å². The summed E-state index contributed by atoms with van der Waals surface area (Å²) in [4.78, 5) is 0. The number of rotatable bonds is 3. The minimum atomic E-state index is 0.531. The van der Waals surface area contributed by atoms with Crippen LogP contribution in [-0.4, -0.2) is 0 Å². The van der Waals surface area contributed by atoms with Gasteiger partial charge < -0.3 is 4.74 Å². The van der Waals surface area contributed by atoms with Crippen molar-refractivity contribution in [2.45, 2.75) is 20.5 Å². The van der Waals surface area contributed by atoms with Crippen LogP contribution in [0.5, 0.6) is 5.75 Å². The van der Waals surface area contributed by atoms with Gasteiger partial charge in [-0.15, -0.1) is 0 Å². The van der Waals surface area contributed by atoms with Gasteiger partial charge in [-0.25, -0.2) is 0 Å². The molecule has 0 unspecified atom stereocenters. The summed E-state index contributed by atoms with van der Waals surface area (Å²) < 4.78 is 6.74. The third kappa shape index (κ3) is 3.27. The molecule has 2 aromatic carbocycles. The lowest BCUT2D eigenvalue weighted by Gasteiger charge is -2.11. The Hall–Kier alpha value is -0.990. The van der Waals surface area contributed by atoms with Crippen LogP contribution in [-0.2, 0) is 6.61 Å². The van der Waals surface area contributed by atoms with Crippen molar-refractivity contribution in [3.05, 3.63) is 62.6 Å². The Kier molecular flexibility index (Phi) is 4.31. The summed E-state index contributed by atoms with van der Waals surface area (Å²) in [6.07, 6.45) is 0. The molecule has 94 valence electrons. The predicted octanol–water partition coefficient (Wildman–Crippen LogP) is 5.30. The first-order chi connectivity index (χ1) is 8.56. The van der Waals surface area contributed by atoms with E-state index in [1.54, 1.807) is 0 Å². The fraction of sp³-hybridized carbons (Fsp3) is 0.200. The minimum absolute atomic E-state index is 0.531. The monoisotopic (exact) mass is 324 g/mol. The van der Waals surface area contributed by atoms with Gasteiger partial charge in [0.1, 0.15) is 12.4 Å². The second-order valence-corrected chi connectivity index (χ2v) is 5.62. The lowest BCUT2D eigenvalue weighted by atomic mass is 10.1. The highest BCUT2D eigenvalue weighted by Gasteiger charge is 2.04. The van der Waals surface area contributed by atoms with Crippen molar-refractivity contribution in [3.8, 4) is 5.75 Å². The number of hydrogen-bond donors (Lipinski definition) is 0. The summed E-state index contributed by atoms with van der Waals surface area (Å²) in [6, 6.07) is 12.0. The van der Waals surface area contributed by atoms with E-state index in [1.807, 2.05) is 18.2 Å². The zero-order valence-electron chi connectivity index (χ0n) is 10.3. The molecule has 0 amide bonds. The van der Waals surface area contributed by atoms with E-state index < -0.39 is 0 Å². The van der Waals surface area contributed by atoms with Gasteiger partial charge >= 0.3 is 0 Å². The van der Waals surface area contributed by atoms with Crippen molar-refractivity contribution >= 4 is 27.5 Å². The molecule has 0 spiro atoms. The Labute approximate surface area is 121 Å². The van der Waals surface area contributed by atoms with Crippen LogP contribution in [0, 0.1) is 13.8 Å². The lowest BCUT2D eigenvalue weighted by Crippen LogP contribution is -1.99. The third-order valence-corrected chi connectivity index (χ3v) is 3.59. The second kappa shape index (κ2) is 5.77. The van der Waals surface area contributed by atoms with Gasteiger partial charge in [-0.1, -0.05) is 51.3 Å². The van der Waals surface area contributed by atoms with Crippen LogP contribution in [0.25, 0.3) is 0 Å². The fourth-order valence-electron chi connectivity index (χ4n) is 1.70. The molecule has 0 radical (unpaired) electrons. The van der Waals surface area contributed by atoms with Crippen molar-refractivity contribution < 1.29 is 4.74 Å². The lowest BCUT2D eigenvalue weighted by molar-refractivity contribution is 0.305. The van der Waals surface area contributed by atoms with E-state index in [2.05, 4.69) is 48.0 Å². The van der Waals surface area contributed by atoms with E-state index >= 15 is 0 Å². The molecule has 0 atom stereocenters. The average molecular weight is 326 g/mol. The molecule has 0 aliphatic carbocycles. The molecule has 0 saturated carbocycles. The SMILES string of the molecule is Cc1ccc(C)c(COc2cc(Br)ccc2Cl)c1. The largest absolute Gasteiger partial charge is 0.487 e. The van der Waals surface area contributed by atoms with Gasteiger partial charge in [0, 0.05) is 4.47 Å². The smallest absolute Gasteiger partial charge is 0.139 e. The first-order valence-corrected chi connectivity index (χ1v) is 6.87. The van der Waals surface area contributed by atoms with Crippen LogP contribution in [0.1, 0.15) is 16.7 Å². The first-order valence-electron chi connectivity index (χ1n) is 5.70. The molecule has 0 aliphatic rings. The normalized spacial score (nSPS) is 10.4. The molecule has 0 bridgehead atoms. The molecule has 0 aromatic heterocycles. The summed E-state index contributed by atoms with van der Waals surface area (Å²) in [7, 11) is 0. The van der Waals surface area contributed by atoms with E-state index in [-0.39, 0.29) is 0 Å². The molecular formula is C15H14BrClO. The van der Waals surface area contributed by atoms with Gasteiger partial charge in [0.05, 0.1) is 5.02 Å². The molecular weight excluding hydrogens is 312 g/mol. The van der Waals surface area contributed by atoms with Crippen molar-refractivity contribution in [3.63, 3.8) is 0 Å². The van der Waals surface area contributed by atoms with Crippen molar-refractivity contribution in [2.24, 2.45) is 0 Å². The van der Waals surface area contributed by atoms with Crippen LogP contribution < -0.4 is 4.74 Å². The second-order valence-electron chi connectivity index (χ2n) is 4.29. The highest BCUT2D eigenvalue weighted by atomic mass is 79.9. The van der Waals surface area contributed by atoms with Crippen LogP contribution in [0.2, 0.25) is 5.02 Å². The maximum Gasteiger partial charge on any atom is 0.139 e. The van der Waals surface area contributed by atoms with Gasteiger partial charge in [0.25, 0.3) is 0 Å². The van der Waals surface area contributed by atoms with E-state index in [0.29, 0.717) is 17.4 Å². The Balaban J connectivity index is 2.16. The summed E-state index contributed by atoms with van der Waals surface area (Å²) in [6.45, 7) is 4.69. The number of aryl methyl sites for hydroxylation is 2. The highest BCUT2D eigenvalue weighted by molar-refractivity contribution is 9.10. The van der Waals surface area contributed by atoms with Crippen LogP contribution in [0.15, 0.2) is 40.9 Å². The zero-order valence-corrected chi connectivity index (χ0v) is 12.7. The number of halogens is 2. The van der Waals surface area contributed by atoms with Crippen molar-refractivity contribution in [1.29, 1.82) is 0 Å². The third-order valence-electron chi connectivity index (χ3n) is 2.78. The summed E-state index contributed by atoms with van der Waals surface area (Å²) >= 11 is 9.50. The Bertz CT molecular complexity index is 515. The molecule has 0 saturated heterocycles. The topological polar surface area (TPSA) is 9.23 Å². The average Bonchev–Trinajstić information content (AvgIpc) is 2.34. The summed E-state index contributed by atoms with van der Waals surface area (Å²) in [5, 5.41) is 0.628. The van der Waals surface area contributed by atoms with Crippen LogP contribution >= 0.6 is 27.5 Å². The fourth-order valence-corrected chi connectivity index (χ4v) is 2.21. The van der Waals surface area contributed by atoms with Gasteiger partial charge in [0.2, 0.25) is 0 Å². The Morgan fingerprint density at radius 1 is 1.11 bits per heavy atom. The molecule has 0 N–H and O–H groups in total. The highest BCUT2D eigenvalue weighted by Crippen LogP contribution is 2.28. The van der Waals surface area contributed by atoms with E-state index in [0.717, 1.165) is 4.47 Å². The maximum atomic E-state index is 6.09. The molecule has 2 aromatic rings. The standard InChI is InChI=1S/C15H14BrClO/c1-10-3-4-11(2)12(7-10)9-18-15-8-13(16)5-6-14(15)17/h3-8H,9H2,1-2H3. The van der Waals surface area contributed by atoms with Crippen LogP contribution in [0.3, 0.4) is 0 Å². The Morgan fingerprint density at radius 2 is 1.89 bits per heavy atom. The number of ether oxygens (including phenoxy) is 1. The molecule has 3 heteroatoms. The van der Waals surface area contributed by atoms with Gasteiger partial charge in [-0.3, -0.25) is 0 Å². The van der Waals surface area contributed by atoms with Gasteiger partial charge in [-0.2, -0.15) is 0 Å². The van der Waals surface area contributed by atoms with Crippen molar-refractivity contribution in [2.75, 3.05) is 0 Å². The first kappa shape index (κ1) is 13.4. The Morgan fingerprint density at radius 3 is 2.67 bits per heavy atom. The molecule has 0 fully saturated rings. The molecule has 0 heterocycles. The summed E-state index contributed by atoms with van der Waals surface area (Å²) in [5.74, 6) is 0.701. The zero-order chi connectivity index (χ0) is 13.1. The molecule has 1 nitrogen and oxygen atoms in total. The summed E-state index contributed by atoms with van der Waals surface area (Å²) in [5.41, 5.74) is 3.65. The molecule has 0 aliphatic heterocycles. The number of benzene rings is 2. The quantitative estimate of drug-likeness (QED) is 0.744. The van der Waals surface area contributed by atoms with Crippen LogP contribution in [0.4, 0.5) is 0 Å². The predicted molar refractivity (Wildman–Crippen MR) is 79.4 cm³/mol. The molecule has 2 rings (SSSR count).